The molecule has 0 fully saturated rings. The Balaban J connectivity index is 3.41. The minimum Gasteiger partial charge on any atom is -0.313 e. The number of carbonyl (C=O) groups excluding carboxylic acids is 1. The Bertz CT molecular complexity index is 511. The molecule has 0 aromatic heterocycles. The normalized spacial score (nSPS) is 11.4. The third kappa shape index (κ3) is 2.81. The first-order chi connectivity index (χ1) is 7.38. The molecule has 6 heteroatoms. The zero-order valence-corrected chi connectivity index (χ0v) is 10.5. The molecule has 0 aliphatic heterocycles. The lowest BCUT2D eigenvalue weighted by Gasteiger charge is -2.08. The van der Waals surface area contributed by atoms with Gasteiger partial charge in [0.25, 0.3) is 0 Å². The first kappa shape index (κ1) is 13.2. The average molecular weight is 262 g/mol. The van der Waals surface area contributed by atoms with Gasteiger partial charge in [-0.25, -0.2) is 8.42 Å². The van der Waals surface area contributed by atoms with Crippen molar-refractivity contribution in [3.8, 4) is 0 Å². The number of nitrogens with one attached hydrogen (secondary N) is 1. The Labute approximate surface area is 99.5 Å². The molecule has 16 heavy (non-hydrogen) atoms. The van der Waals surface area contributed by atoms with Gasteiger partial charge in [-0.05, 0) is 19.2 Å². The van der Waals surface area contributed by atoms with E-state index < -0.39 is 9.84 Å². The molecule has 0 aliphatic carbocycles. The fourth-order valence-electron chi connectivity index (χ4n) is 1.33. The molecule has 0 unspecified atom stereocenters. The Kier molecular flexibility index (Phi) is 4.07. The summed E-state index contributed by atoms with van der Waals surface area (Å²) >= 11 is 5.85. The van der Waals surface area contributed by atoms with Crippen LogP contribution in [0.5, 0.6) is 0 Å². The number of hydrogen-bond donors (Lipinski definition) is 1. The summed E-state index contributed by atoms with van der Waals surface area (Å²) in [5.74, 6) is -0.339. The van der Waals surface area contributed by atoms with Crippen molar-refractivity contribution in [1.29, 1.82) is 0 Å². The first-order valence-corrected chi connectivity index (χ1v) is 6.81. The number of likely N-dealkylation sites (N-methyl/N-ethyl adjacent to an activating group) is 1. The first-order valence-electron chi connectivity index (χ1n) is 4.54. The quantitative estimate of drug-likeness (QED) is 0.826. The lowest BCUT2D eigenvalue weighted by atomic mass is 10.1. The summed E-state index contributed by atoms with van der Waals surface area (Å²) < 4.78 is 23.0. The molecule has 0 saturated heterocycles. The highest BCUT2D eigenvalue weighted by Crippen LogP contribution is 2.24. The van der Waals surface area contributed by atoms with Crippen LogP contribution < -0.4 is 5.32 Å². The van der Waals surface area contributed by atoms with Gasteiger partial charge in [0.05, 0.1) is 22.0 Å². The van der Waals surface area contributed by atoms with Crippen molar-refractivity contribution in [2.24, 2.45) is 0 Å². The summed E-state index contributed by atoms with van der Waals surface area (Å²) in [6, 6.07) is 4.39. The number of halogens is 1. The standard InChI is InChI=1S/C10H12ClNO3S/c1-12-6-8(13)10-7(11)4-3-5-9(10)16(2,14)15/h3-5,12H,6H2,1-2H3. The molecule has 0 heterocycles. The Hall–Kier alpha value is -0.910. The van der Waals surface area contributed by atoms with E-state index in [-0.39, 0.29) is 27.8 Å². The Morgan fingerprint density at radius 1 is 1.44 bits per heavy atom. The van der Waals surface area contributed by atoms with Crippen LogP contribution in [-0.2, 0) is 9.84 Å². The Morgan fingerprint density at radius 3 is 2.56 bits per heavy atom. The van der Waals surface area contributed by atoms with Crippen molar-refractivity contribution in [3.05, 3.63) is 28.8 Å². The zero-order valence-electron chi connectivity index (χ0n) is 8.95. The van der Waals surface area contributed by atoms with Crippen LogP contribution in [0.2, 0.25) is 5.02 Å². The molecule has 0 spiro atoms. The van der Waals surface area contributed by atoms with Crippen molar-refractivity contribution in [2.45, 2.75) is 4.90 Å². The largest absolute Gasteiger partial charge is 0.313 e. The zero-order chi connectivity index (χ0) is 12.3. The lowest BCUT2D eigenvalue weighted by Crippen LogP contribution is -2.21. The maximum atomic E-state index is 11.7. The third-order valence-corrected chi connectivity index (χ3v) is 3.45. The number of Topliss-reactive ketones (excluding diaryl/α,β-unsaturated/α-hetero) is 1. The number of benzene rings is 1. The van der Waals surface area contributed by atoms with Crippen molar-refractivity contribution >= 4 is 27.2 Å². The highest BCUT2D eigenvalue weighted by atomic mass is 35.5. The smallest absolute Gasteiger partial charge is 0.179 e. The van der Waals surface area contributed by atoms with Gasteiger partial charge in [0.15, 0.2) is 15.6 Å². The van der Waals surface area contributed by atoms with E-state index in [9.17, 15) is 13.2 Å². The van der Waals surface area contributed by atoms with Crippen molar-refractivity contribution in [1.82, 2.24) is 5.32 Å². The minimum absolute atomic E-state index is 0.0275. The summed E-state index contributed by atoms with van der Waals surface area (Å²) in [5, 5.41) is 2.82. The predicted octanol–water partition coefficient (Wildman–Crippen LogP) is 1.15. The van der Waals surface area contributed by atoms with Crippen LogP contribution in [0, 0.1) is 0 Å². The van der Waals surface area contributed by atoms with Crippen LogP contribution in [0.25, 0.3) is 0 Å². The summed E-state index contributed by atoms with van der Waals surface area (Å²) in [6.07, 6.45) is 1.05. The highest BCUT2D eigenvalue weighted by Gasteiger charge is 2.20. The Morgan fingerprint density at radius 2 is 2.06 bits per heavy atom. The second-order valence-corrected chi connectivity index (χ2v) is 5.73. The second-order valence-electron chi connectivity index (χ2n) is 3.34. The molecular formula is C10H12ClNO3S. The van der Waals surface area contributed by atoms with Crippen molar-refractivity contribution in [2.75, 3.05) is 19.8 Å². The van der Waals surface area contributed by atoms with Gasteiger partial charge >= 0.3 is 0 Å². The molecule has 0 bridgehead atoms. The summed E-state index contributed by atoms with van der Waals surface area (Å²) in [6.45, 7) is 0.0479. The van der Waals surface area contributed by atoms with Crippen LogP contribution in [0.3, 0.4) is 0 Å². The monoisotopic (exact) mass is 261 g/mol. The molecule has 0 amide bonds. The minimum atomic E-state index is -3.45. The number of ketones is 1. The molecule has 88 valence electrons. The van der Waals surface area contributed by atoms with Crippen LogP contribution in [0.1, 0.15) is 10.4 Å². The fourth-order valence-corrected chi connectivity index (χ4v) is 2.59. The van der Waals surface area contributed by atoms with E-state index in [1.54, 1.807) is 7.05 Å². The molecule has 4 nitrogen and oxygen atoms in total. The van der Waals surface area contributed by atoms with Crippen LogP contribution >= 0.6 is 11.6 Å². The van der Waals surface area contributed by atoms with Gasteiger partial charge in [-0.1, -0.05) is 17.7 Å². The number of carbonyl (C=O) groups is 1. The SMILES string of the molecule is CNCC(=O)c1c(Cl)cccc1S(C)(=O)=O. The van der Waals surface area contributed by atoms with E-state index in [1.165, 1.54) is 18.2 Å². The van der Waals surface area contributed by atoms with Crippen molar-refractivity contribution < 1.29 is 13.2 Å². The van der Waals surface area contributed by atoms with E-state index >= 15 is 0 Å². The summed E-state index contributed by atoms with van der Waals surface area (Å²) in [4.78, 5) is 11.7. The van der Waals surface area contributed by atoms with Gasteiger partial charge in [0.1, 0.15) is 0 Å². The van der Waals surface area contributed by atoms with Crippen molar-refractivity contribution in [3.63, 3.8) is 0 Å². The number of sulfone groups is 1. The molecule has 0 atom stereocenters. The maximum Gasteiger partial charge on any atom is 0.179 e. The van der Waals surface area contributed by atoms with Gasteiger partial charge in [-0.15, -0.1) is 0 Å². The van der Waals surface area contributed by atoms with E-state index in [1.807, 2.05) is 0 Å². The summed E-state index contributed by atoms with van der Waals surface area (Å²) in [5.41, 5.74) is 0.0565. The lowest BCUT2D eigenvalue weighted by molar-refractivity contribution is 0.0990. The predicted molar refractivity (Wildman–Crippen MR) is 62.8 cm³/mol. The summed E-state index contributed by atoms with van der Waals surface area (Å²) in [7, 11) is -1.85. The average Bonchev–Trinajstić information content (AvgIpc) is 2.16. The maximum absolute atomic E-state index is 11.7. The topological polar surface area (TPSA) is 63.2 Å². The van der Waals surface area contributed by atoms with Gasteiger partial charge < -0.3 is 5.32 Å². The highest BCUT2D eigenvalue weighted by molar-refractivity contribution is 7.90. The van der Waals surface area contributed by atoms with E-state index in [0.29, 0.717) is 0 Å². The van der Waals surface area contributed by atoms with Gasteiger partial charge in [-0.3, -0.25) is 4.79 Å². The number of rotatable bonds is 4. The molecule has 0 saturated carbocycles. The van der Waals surface area contributed by atoms with Gasteiger partial charge in [0.2, 0.25) is 0 Å². The van der Waals surface area contributed by atoms with E-state index in [0.717, 1.165) is 6.26 Å². The van der Waals surface area contributed by atoms with Crippen LogP contribution in [0.4, 0.5) is 0 Å². The molecule has 1 rings (SSSR count). The van der Waals surface area contributed by atoms with E-state index in [2.05, 4.69) is 5.32 Å². The molecule has 1 aromatic rings. The van der Waals surface area contributed by atoms with Gasteiger partial charge in [0, 0.05) is 6.26 Å². The molecular weight excluding hydrogens is 250 g/mol. The molecule has 1 N–H and O–H groups in total. The number of hydrogen-bond acceptors (Lipinski definition) is 4. The van der Waals surface area contributed by atoms with Gasteiger partial charge in [-0.2, -0.15) is 0 Å². The third-order valence-electron chi connectivity index (χ3n) is 1.99. The fraction of sp³-hybridized carbons (Fsp3) is 0.300. The molecule has 0 radical (unpaired) electrons. The molecule has 1 aromatic carbocycles. The van der Waals surface area contributed by atoms with Crippen LogP contribution in [-0.4, -0.2) is 34.0 Å². The molecule has 0 aliphatic rings. The van der Waals surface area contributed by atoms with Crippen LogP contribution in [0.15, 0.2) is 23.1 Å². The second kappa shape index (κ2) is 4.95. The van der Waals surface area contributed by atoms with E-state index in [4.69, 9.17) is 11.6 Å².